The monoisotopic (exact) mass is 376 g/mol. The van der Waals surface area contributed by atoms with E-state index in [1.807, 2.05) is 0 Å². The normalized spacial score (nSPS) is 30.8. The van der Waals surface area contributed by atoms with Crippen molar-refractivity contribution in [3.05, 3.63) is 24.3 Å². The molecule has 4 unspecified atom stereocenters. The van der Waals surface area contributed by atoms with Gasteiger partial charge in [-0.1, -0.05) is 19.1 Å². The Labute approximate surface area is 159 Å². The molecular weight excluding hydrogens is 348 g/mol. The molecule has 0 aromatic carbocycles. The highest BCUT2D eigenvalue weighted by atomic mass is 16.6. The van der Waals surface area contributed by atoms with Gasteiger partial charge in [-0.15, -0.1) is 0 Å². The van der Waals surface area contributed by atoms with Crippen LogP contribution in [-0.2, 0) is 23.9 Å². The van der Waals surface area contributed by atoms with E-state index >= 15 is 0 Å². The first-order valence-electron chi connectivity index (χ1n) is 9.93. The summed E-state index contributed by atoms with van der Waals surface area (Å²) in [6.45, 7) is 2.09. The smallest absolute Gasteiger partial charge is 0.338 e. The lowest BCUT2D eigenvalue weighted by Gasteiger charge is -2.29. The predicted molar refractivity (Wildman–Crippen MR) is 97.3 cm³/mol. The summed E-state index contributed by atoms with van der Waals surface area (Å²) in [4.78, 5) is 32.0. The Hall–Kier alpha value is -1.95. The molecule has 0 aromatic rings. The summed E-state index contributed by atoms with van der Waals surface area (Å²) in [6.07, 6.45) is 13.7. The second-order valence-electron chi connectivity index (χ2n) is 8.01. The largest absolute Gasteiger partial charge is 0.459 e. The molecule has 4 aliphatic rings. The van der Waals surface area contributed by atoms with Crippen molar-refractivity contribution in [3.8, 4) is 0 Å². The van der Waals surface area contributed by atoms with Crippen LogP contribution in [0.1, 0.15) is 58.3 Å². The van der Waals surface area contributed by atoms with Crippen LogP contribution < -0.4 is 0 Å². The molecule has 3 aliphatic carbocycles. The van der Waals surface area contributed by atoms with E-state index in [0.717, 1.165) is 57.1 Å². The quantitative estimate of drug-likeness (QED) is 0.451. The lowest BCUT2D eigenvalue weighted by Crippen LogP contribution is -2.34. The zero-order valence-electron chi connectivity index (χ0n) is 15.8. The lowest BCUT2D eigenvalue weighted by molar-refractivity contribution is -0.163. The molecule has 0 saturated heterocycles. The Balaban J connectivity index is 0.000000253. The minimum Gasteiger partial charge on any atom is -0.459 e. The molecule has 1 heterocycles. The SMILES string of the molecule is CCC1(OC(=O)CC(O)C2CC3C=CC2C3)CCCC1.O=C1C=CC(=O)O1. The maximum Gasteiger partial charge on any atom is 0.338 e. The van der Waals surface area contributed by atoms with Gasteiger partial charge >= 0.3 is 17.9 Å². The number of carbonyl (C=O) groups excluding carboxylic acids is 3. The Kier molecular flexibility index (Phi) is 6.15. The average molecular weight is 376 g/mol. The van der Waals surface area contributed by atoms with E-state index in [1.165, 1.54) is 0 Å². The number of allylic oxidation sites excluding steroid dienone is 2. The molecule has 0 spiro atoms. The van der Waals surface area contributed by atoms with Crippen LogP contribution in [0, 0.1) is 17.8 Å². The van der Waals surface area contributed by atoms with Crippen molar-refractivity contribution in [1.82, 2.24) is 0 Å². The first-order chi connectivity index (χ1) is 12.9. The van der Waals surface area contributed by atoms with Gasteiger partial charge < -0.3 is 14.6 Å². The van der Waals surface area contributed by atoms with Gasteiger partial charge in [-0.3, -0.25) is 4.79 Å². The predicted octanol–water partition coefficient (Wildman–Crippen LogP) is 2.84. The van der Waals surface area contributed by atoms with Crippen molar-refractivity contribution in [2.45, 2.75) is 70.0 Å². The van der Waals surface area contributed by atoms with E-state index in [-0.39, 0.29) is 23.9 Å². The molecule has 0 amide bonds. The average Bonchev–Trinajstić information content (AvgIpc) is 3.41. The number of cyclic esters (lactones) is 2. The third kappa shape index (κ3) is 4.86. The fourth-order valence-electron chi connectivity index (χ4n) is 4.72. The summed E-state index contributed by atoms with van der Waals surface area (Å²) in [5, 5.41) is 10.3. The number of aliphatic hydroxyl groups excluding tert-OH is 1. The van der Waals surface area contributed by atoms with Crippen LogP contribution in [0.2, 0.25) is 0 Å². The van der Waals surface area contributed by atoms with Gasteiger partial charge in [0.15, 0.2) is 0 Å². The van der Waals surface area contributed by atoms with E-state index in [0.29, 0.717) is 11.8 Å². The highest BCUT2D eigenvalue weighted by molar-refractivity contribution is 6.04. The van der Waals surface area contributed by atoms with E-state index in [4.69, 9.17) is 4.74 Å². The number of esters is 3. The molecule has 27 heavy (non-hydrogen) atoms. The summed E-state index contributed by atoms with van der Waals surface area (Å²) >= 11 is 0. The van der Waals surface area contributed by atoms with Gasteiger partial charge in [-0.2, -0.15) is 0 Å². The zero-order chi connectivity index (χ0) is 19.4. The molecular formula is C21H28O6. The number of hydrogen-bond donors (Lipinski definition) is 1. The van der Waals surface area contributed by atoms with Crippen LogP contribution in [0.15, 0.2) is 24.3 Å². The standard InChI is InChI=1S/C17H26O3.C4H2O3/c1-2-17(7-3-4-8-17)20-16(19)11-15(18)14-10-12-5-6-13(14)9-12;5-3-1-2-4(6)7-3/h5-6,12-15,18H,2-4,7-11H2,1H3;1-2H. The molecule has 2 bridgehead atoms. The maximum absolute atomic E-state index is 12.1. The summed E-state index contributed by atoms with van der Waals surface area (Å²) in [7, 11) is 0. The molecule has 0 aromatic heterocycles. The number of carbonyl (C=O) groups is 3. The topological polar surface area (TPSA) is 89.9 Å². The van der Waals surface area contributed by atoms with E-state index in [2.05, 4.69) is 23.8 Å². The number of fused-ring (bicyclic) bond motifs is 2. The van der Waals surface area contributed by atoms with Crippen molar-refractivity contribution in [2.75, 3.05) is 0 Å². The van der Waals surface area contributed by atoms with Crippen molar-refractivity contribution >= 4 is 17.9 Å². The molecule has 148 valence electrons. The highest BCUT2D eigenvalue weighted by Crippen LogP contribution is 2.45. The Morgan fingerprint density at radius 1 is 1.22 bits per heavy atom. The van der Waals surface area contributed by atoms with Gasteiger partial charge in [0.1, 0.15) is 5.60 Å². The van der Waals surface area contributed by atoms with Gasteiger partial charge in [-0.25, -0.2) is 9.59 Å². The van der Waals surface area contributed by atoms with Crippen LogP contribution >= 0.6 is 0 Å². The molecule has 4 atom stereocenters. The third-order valence-electron chi connectivity index (χ3n) is 6.25. The molecule has 6 nitrogen and oxygen atoms in total. The Morgan fingerprint density at radius 2 is 1.89 bits per heavy atom. The molecule has 1 aliphatic heterocycles. The summed E-state index contributed by atoms with van der Waals surface area (Å²) in [6, 6.07) is 0. The van der Waals surface area contributed by atoms with Gasteiger partial charge in [0, 0.05) is 12.2 Å². The fourth-order valence-corrected chi connectivity index (χ4v) is 4.72. The van der Waals surface area contributed by atoms with E-state index in [9.17, 15) is 19.5 Å². The molecule has 2 saturated carbocycles. The number of aliphatic hydroxyl groups is 1. The van der Waals surface area contributed by atoms with Gasteiger partial charge in [0.25, 0.3) is 0 Å². The Bertz CT molecular complexity index is 627. The third-order valence-corrected chi connectivity index (χ3v) is 6.25. The van der Waals surface area contributed by atoms with Gasteiger partial charge in [0.2, 0.25) is 0 Å². The first-order valence-corrected chi connectivity index (χ1v) is 9.93. The number of rotatable bonds is 5. The molecule has 1 N–H and O–H groups in total. The van der Waals surface area contributed by atoms with E-state index in [1.54, 1.807) is 0 Å². The van der Waals surface area contributed by atoms with Crippen LogP contribution in [0.4, 0.5) is 0 Å². The fraction of sp³-hybridized carbons (Fsp3) is 0.667. The summed E-state index contributed by atoms with van der Waals surface area (Å²) < 4.78 is 9.71. The van der Waals surface area contributed by atoms with Crippen LogP contribution in [0.5, 0.6) is 0 Å². The number of ether oxygens (including phenoxy) is 2. The van der Waals surface area contributed by atoms with Crippen molar-refractivity contribution in [3.63, 3.8) is 0 Å². The maximum atomic E-state index is 12.1. The van der Waals surface area contributed by atoms with Crippen LogP contribution in [0.3, 0.4) is 0 Å². The molecule has 4 rings (SSSR count). The second-order valence-corrected chi connectivity index (χ2v) is 8.01. The lowest BCUT2D eigenvalue weighted by atomic mass is 9.87. The first kappa shape index (κ1) is 19.8. The number of hydrogen-bond acceptors (Lipinski definition) is 6. The van der Waals surface area contributed by atoms with Crippen LogP contribution in [-0.4, -0.2) is 34.7 Å². The molecule has 6 heteroatoms. The Morgan fingerprint density at radius 3 is 2.33 bits per heavy atom. The minimum atomic E-state index is -0.579. The minimum absolute atomic E-state index is 0.170. The second kappa shape index (κ2) is 8.38. The van der Waals surface area contributed by atoms with E-state index < -0.39 is 18.0 Å². The van der Waals surface area contributed by atoms with Crippen molar-refractivity contribution < 1.29 is 29.0 Å². The molecule has 2 fully saturated rings. The zero-order valence-corrected chi connectivity index (χ0v) is 15.8. The van der Waals surface area contributed by atoms with Crippen molar-refractivity contribution in [2.24, 2.45) is 17.8 Å². The van der Waals surface area contributed by atoms with Gasteiger partial charge in [0.05, 0.1) is 12.5 Å². The van der Waals surface area contributed by atoms with Gasteiger partial charge in [-0.05, 0) is 62.7 Å². The highest BCUT2D eigenvalue weighted by Gasteiger charge is 2.41. The molecule has 0 radical (unpaired) electrons. The summed E-state index contributed by atoms with van der Waals surface area (Å²) in [5.41, 5.74) is -0.231. The van der Waals surface area contributed by atoms with Crippen LogP contribution in [0.25, 0.3) is 0 Å². The van der Waals surface area contributed by atoms with Crippen molar-refractivity contribution in [1.29, 1.82) is 0 Å². The summed E-state index contributed by atoms with van der Waals surface area (Å²) in [5.74, 6) is 0.0172.